The Morgan fingerprint density at radius 2 is 1.00 bits per heavy atom. The van der Waals surface area contributed by atoms with Gasteiger partial charge in [0.15, 0.2) is 0 Å². The van der Waals surface area contributed by atoms with Gasteiger partial charge >= 0.3 is 0 Å². The molecule has 0 N–H and O–H groups in total. The summed E-state index contributed by atoms with van der Waals surface area (Å²) in [5.74, 6) is 2.42. The van der Waals surface area contributed by atoms with Crippen LogP contribution in [0.4, 0.5) is 0 Å². The van der Waals surface area contributed by atoms with Crippen LogP contribution in [0.1, 0.15) is 26.7 Å². The largest absolute Gasteiger partial charge is 0.358 e. The van der Waals surface area contributed by atoms with Gasteiger partial charge in [0.2, 0.25) is 0 Å². The van der Waals surface area contributed by atoms with Crippen molar-refractivity contribution in [2.24, 2.45) is 0 Å². The molecule has 0 aromatic heterocycles. The van der Waals surface area contributed by atoms with Crippen molar-refractivity contribution >= 4 is 60.3 Å². The Morgan fingerprint density at radius 3 is 1.29 bits per heavy atom. The van der Waals surface area contributed by atoms with E-state index in [2.05, 4.69) is 13.8 Å². The molecule has 4 nitrogen and oxygen atoms in total. The fourth-order valence-electron chi connectivity index (χ4n) is 1.90. The highest BCUT2D eigenvalue weighted by Gasteiger charge is 2.22. The second kappa shape index (κ2) is 15.7. The highest BCUT2D eigenvalue weighted by molar-refractivity contribution is 9.26. The fourth-order valence-corrected chi connectivity index (χ4v) is 12.0. The summed E-state index contributed by atoms with van der Waals surface area (Å²) < 4.78 is 21.7. The van der Waals surface area contributed by atoms with Crippen LogP contribution in [0.3, 0.4) is 0 Å². The molecule has 0 bridgehead atoms. The molecule has 0 aliphatic carbocycles. The molecule has 0 atom stereocenters. The Hall–Kier alpha value is 1.67. The maximum atomic E-state index is 5.42. The monoisotopic (exact) mass is 450 g/mol. The van der Waals surface area contributed by atoms with E-state index in [1.807, 2.05) is 41.2 Å². The summed E-state index contributed by atoms with van der Waals surface area (Å²) in [5, 5.41) is 0. The first kappa shape index (κ1) is 25.7. The molecule has 0 aromatic carbocycles. The number of rotatable bonds is 17. The van der Waals surface area contributed by atoms with Crippen LogP contribution in [0.2, 0.25) is 12.1 Å². The smallest absolute Gasteiger partial charge is 0.141 e. The van der Waals surface area contributed by atoms with Crippen LogP contribution in [0, 0.1) is 0 Å². The lowest BCUT2D eigenvalue weighted by atomic mass is 10.6. The predicted octanol–water partition coefficient (Wildman–Crippen LogP) is 3.55. The molecule has 0 heterocycles. The molecular formula is C14H34O4S4Si2. The van der Waals surface area contributed by atoms with Crippen LogP contribution in [-0.4, -0.2) is 69.8 Å². The van der Waals surface area contributed by atoms with E-state index in [1.54, 1.807) is 28.4 Å². The minimum Gasteiger partial charge on any atom is -0.358 e. The van der Waals surface area contributed by atoms with E-state index in [0.29, 0.717) is 0 Å². The van der Waals surface area contributed by atoms with Crippen molar-refractivity contribution < 1.29 is 18.9 Å². The van der Waals surface area contributed by atoms with Gasteiger partial charge in [0.05, 0.1) is 19.0 Å². The number of hydrogen-bond acceptors (Lipinski definition) is 8. The molecule has 0 aliphatic heterocycles. The highest BCUT2D eigenvalue weighted by Crippen LogP contribution is 2.43. The fraction of sp³-hybridized carbons (Fsp3) is 1.00. The normalized spacial score (nSPS) is 13.8. The molecule has 146 valence electrons. The molecule has 0 saturated carbocycles. The minimum absolute atomic E-state index is 0.284. The van der Waals surface area contributed by atoms with Gasteiger partial charge in [-0.3, -0.25) is 0 Å². The third kappa shape index (κ3) is 12.9. The van der Waals surface area contributed by atoms with Crippen molar-refractivity contribution in [2.45, 2.75) is 49.6 Å². The van der Waals surface area contributed by atoms with E-state index in [1.165, 1.54) is 36.4 Å². The van der Waals surface area contributed by atoms with Crippen molar-refractivity contribution in [2.75, 3.05) is 39.9 Å². The molecule has 0 rings (SSSR count). The molecule has 0 amide bonds. The van der Waals surface area contributed by atoms with Gasteiger partial charge in [0.1, 0.15) is 10.8 Å². The third-order valence-corrected chi connectivity index (χ3v) is 15.4. The van der Waals surface area contributed by atoms with Gasteiger partial charge in [0.25, 0.3) is 0 Å². The van der Waals surface area contributed by atoms with E-state index in [0.717, 1.165) is 0 Å². The minimum atomic E-state index is -0.336. The molecule has 0 fully saturated rings. The standard InChI is InChI=1S/C14H34O4S4Si2/c1-13(15-3,16-4)23-11-7-9-19-21-22-20-10-8-12-24-14(2,17-5)18-6/h7-12,23-24H2,1-6H3. The Morgan fingerprint density at radius 1 is 0.667 bits per heavy atom. The van der Waals surface area contributed by atoms with E-state index < -0.39 is 0 Å². The van der Waals surface area contributed by atoms with Crippen LogP contribution < -0.4 is 0 Å². The zero-order valence-electron chi connectivity index (χ0n) is 15.9. The quantitative estimate of drug-likeness (QED) is 0.144. The number of methoxy groups -OCH3 is 4. The van der Waals surface area contributed by atoms with Crippen LogP contribution >= 0.6 is 41.2 Å². The molecule has 0 radical (unpaired) electrons. The third-order valence-electron chi connectivity index (χ3n) is 4.07. The Balaban J connectivity index is 3.35. The average Bonchev–Trinajstić information content (AvgIpc) is 2.62. The van der Waals surface area contributed by atoms with Gasteiger partial charge in [-0.25, -0.2) is 0 Å². The van der Waals surface area contributed by atoms with Gasteiger partial charge in [-0.1, -0.05) is 33.7 Å². The van der Waals surface area contributed by atoms with E-state index in [9.17, 15) is 0 Å². The molecule has 0 aromatic rings. The van der Waals surface area contributed by atoms with Crippen LogP contribution in [0.15, 0.2) is 0 Å². The Kier molecular flexibility index (Phi) is 16.8. The molecule has 24 heavy (non-hydrogen) atoms. The molecular weight excluding hydrogens is 417 g/mol. The van der Waals surface area contributed by atoms with Crippen molar-refractivity contribution in [3.05, 3.63) is 0 Å². The van der Waals surface area contributed by atoms with Gasteiger partial charge in [0, 0.05) is 39.9 Å². The first-order valence-corrected chi connectivity index (χ1v) is 16.8. The van der Waals surface area contributed by atoms with Gasteiger partial charge < -0.3 is 18.9 Å². The summed E-state index contributed by atoms with van der Waals surface area (Å²) in [5.41, 5.74) is -0.569. The topological polar surface area (TPSA) is 36.9 Å². The Labute approximate surface area is 168 Å². The summed E-state index contributed by atoms with van der Waals surface area (Å²) in [6.45, 7) is 4.11. The predicted molar refractivity (Wildman–Crippen MR) is 121 cm³/mol. The van der Waals surface area contributed by atoms with Gasteiger partial charge in [-0.05, 0) is 46.3 Å². The summed E-state index contributed by atoms with van der Waals surface area (Å²) in [7, 11) is 14.0. The molecule has 0 unspecified atom stereocenters. The lowest BCUT2D eigenvalue weighted by Gasteiger charge is -2.26. The lowest BCUT2D eigenvalue weighted by Crippen LogP contribution is -2.36. The average molecular weight is 451 g/mol. The number of ether oxygens (including phenoxy) is 4. The van der Waals surface area contributed by atoms with Gasteiger partial charge in [-0.2, -0.15) is 0 Å². The summed E-state index contributed by atoms with van der Waals surface area (Å²) in [4.78, 5) is 0. The van der Waals surface area contributed by atoms with Crippen molar-refractivity contribution in [1.82, 2.24) is 0 Å². The summed E-state index contributed by atoms with van der Waals surface area (Å²) in [6.07, 6.45) is 2.52. The van der Waals surface area contributed by atoms with E-state index in [4.69, 9.17) is 18.9 Å². The summed E-state index contributed by atoms with van der Waals surface area (Å²) in [6, 6.07) is 2.54. The zero-order valence-corrected chi connectivity index (χ0v) is 22.0. The first-order valence-electron chi connectivity index (χ1n) is 8.23. The lowest BCUT2D eigenvalue weighted by molar-refractivity contribution is -0.131. The van der Waals surface area contributed by atoms with Crippen molar-refractivity contribution in [1.29, 1.82) is 0 Å². The molecule has 10 heteroatoms. The number of hydrogen-bond donors (Lipinski definition) is 0. The van der Waals surface area contributed by atoms with Crippen molar-refractivity contribution in [3.63, 3.8) is 0 Å². The maximum Gasteiger partial charge on any atom is 0.141 e. The maximum absolute atomic E-state index is 5.42. The second-order valence-electron chi connectivity index (χ2n) is 5.78. The van der Waals surface area contributed by atoms with E-state index in [-0.39, 0.29) is 29.9 Å². The van der Waals surface area contributed by atoms with E-state index >= 15 is 0 Å². The highest BCUT2D eigenvalue weighted by atomic mass is 33.7. The Bertz CT molecular complexity index is 268. The molecule has 0 saturated heterocycles. The van der Waals surface area contributed by atoms with Crippen LogP contribution in [0.5, 0.6) is 0 Å². The van der Waals surface area contributed by atoms with Gasteiger partial charge in [-0.15, -0.1) is 0 Å². The second-order valence-corrected chi connectivity index (χ2v) is 17.0. The van der Waals surface area contributed by atoms with Crippen molar-refractivity contribution in [3.8, 4) is 0 Å². The zero-order chi connectivity index (χ0) is 18.3. The molecule has 0 aliphatic rings. The van der Waals surface area contributed by atoms with Crippen LogP contribution in [-0.2, 0) is 18.9 Å². The van der Waals surface area contributed by atoms with Crippen LogP contribution in [0.25, 0.3) is 0 Å². The first-order chi connectivity index (χ1) is 11.4. The summed E-state index contributed by atoms with van der Waals surface area (Å²) >= 11 is 0. The SMILES string of the molecule is COC(C)(OC)[SiH2]CCCSSSSCCC[SiH2]C(C)(OC)OC. The molecule has 0 spiro atoms.